The van der Waals surface area contributed by atoms with Crippen LogP contribution >= 0.6 is 0 Å². The summed E-state index contributed by atoms with van der Waals surface area (Å²) in [6.07, 6.45) is 7.57. The quantitative estimate of drug-likeness (QED) is 0.710. The highest BCUT2D eigenvalue weighted by molar-refractivity contribution is 5.72. The van der Waals surface area contributed by atoms with Crippen molar-refractivity contribution in [1.82, 2.24) is 15.4 Å². The van der Waals surface area contributed by atoms with Crippen LogP contribution in [-0.2, 0) is 0 Å². The van der Waals surface area contributed by atoms with E-state index in [-0.39, 0.29) is 0 Å². The minimum Gasteiger partial charge on any atom is -0.508 e. The van der Waals surface area contributed by atoms with E-state index in [1.165, 1.54) is 0 Å². The molecular weight excluding hydrogens is 202 g/mol. The predicted molar refractivity (Wildman–Crippen MR) is 63.0 cm³/mol. The number of hydrogen-bond donors (Lipinski definition) is 2. The van der Waals surface area contributed by atoms with Crippen molar-refractivity contribution in [3.63, 3.8) is 0 Å². The topological polar surface area (TPSA) is 61.8 Å². The Bertz CT molecular complexity index is 483. The summed E-state index contributed by atoms with van der Waals surface area (Å²) in [6.45, 7) is 0. The molecule has 0 saturated carbocycles. The van der Waals surface area contributed by atoms with E-state index in [9.17, 15) is 0 Å². The second-order valence-corrected chi connectivity index (χ2v) is 3.44. The summed E-state index contributed by atoms with van der Waals surface area (Å²) in [4.78, 5) is 0. The lowest BCUT2D eigenvalue weighted by Gasteiger charge is -1.95. The first kappa shape index (κ1) is 10.4. The van der Waals surface area contributed by atoms with Crippen LogP contribution in [0.2, 0.25) is 0 Å². The van der Waals surface area contributed by atoms with Gasteiger partial charge in [0.25, 0.3) is 0 Å². The Morgan fingerprint density at radius 3 is 2.69 bits per heavy atom. The normalized spacial score (nSPS) is 14.1. The van der Waals surface area contributed by atoms with Crippen LogP contribution in [0.15, 0.2) is 48.3 Å². The highest BCUT2D eigenvalue weighted by atomic mass is 16.3. The number of aliphatic hydroxyl groups is 1. The third kappa shape index (κ3) is 2.70. The molecule has 1 heterocycles. The fraction of sp³-hybridized carbons (Fsp3) is 0.167. The summed E-state index contributed by atoms with van der Waals surface area (Å²) in [5.41, 5.74) is 1.90. The minimum atomic E-state index is 0.409. The molecule has 4 nitrogen and oxygen atoms in total. The van der Waals surface area contributed by atoms with Gasteiger partial charge in [-0.1, -0.05) is 23.4 Å². The number of fused-ring (bicyclic) bond motifs is 1. The molecule has 0 radical (unpaired) electrons. The molecule has 1 aliphatic rings. The highest BCUT2D eigenvalue weighted by Gasteiger charge is 1.90. The Hall–Kier alpha value is -2.10. The zero-order valence-corrected chi connectivity index (χ0v) is 8.80. The molecule has 0 saturated heterocycles. The second kappa shape index (κ2) is 5.11. The minimum absolute atomic E-state index is 0.409. The molecule has 0 unspecified atom stereocenters. The van der Waals surface area contributed by atoms with Crippen LogP contribution in [-0.4, -0.2) is 20.5 Å². The fourth-order valence-corrected chi connectivity index (χ4v) is 1.39. The van der Waals surface area contributed by atoms with E-state index in [1.54, 1.807) is 6.08 Å². The molecule has 3 rings (SSSR count). The lowest BCUT2D eigenvalue weighted by atomic mass is 10.2. The van der Waals surface area contributed by atoms with Gasteiger partial charge in [0.1, 0.15) is 11.3 Å². The van der Waals surface area contributed by atoms with Crippen molar-refractivity contribution in [2.45, 2.75) is 12.8 Å². The van der Waals surface area contributed by atoms with Crippen LogP contribution in [0.3, 0.4) is 0 Å². The average molecular weight is 215 g/mol. The number of hydrogen-bond acceptors (Lipinski definition) is 3. The standard InChI is InChI=1S/C6H5N3.C6H8O/c1-2-4-6-5(3-1)7-9-8-6;7-6-4-2-1-3-5-6/h1-4H,(H,7,8,9);2,4-5,7H,1,3H2. The maximum Gasteiger partial charge on any atom is 0.112 e. The third-order valence-electron chi connectivity index (χ3n) is 2.21. The smallest absolute Gasteiger partial charge is 0.112 e. The molecule has 1 aliphatic carbocycles. The monoisotopic (exact) mass is 215 g/mol. The molecule has 0 spiro atoms. The summed E-state index contributed by atoms with van der Waals surface area (Å²) in [5.74, 6) is 0.409. The number of rotatable bonds is 0. The summed E-state index contributed by atoms with van der Waals surface area (Å²) in [7, 11) is 0. The first-order chi connectivity index (χ1) is 7.86. The van der Waals surface area contributed by atoms with Crippen LogP contribution in [0, 0.1) is 0 Å². The molecular formula is C12H13N3O. The van der Waals surface area contributed by atoms with E-state index in [0.717, 1.165) is 23.9 Å². The van der Waals surface area contributed by atoms with Gasteiger partial charge in [-0.3, -0.25) is 5.10 Å². The molecule has 0 aliphatic heterocycles. The molecule has 2 N–H and O–H groups in total. The molecule has 4 heteroatoms. The van der Waals surface area contributed by atoms with Gasteiger partial charge in [0, 0.05) is 0 Å². The molecule has 0 fully saturated rings. The Kier molecular flexibility index (Phi) is 3.33. The van der Waals surface area contributed by atoms with Crippen molar-refractivity contribution < 1.29 is 5.11 Å². The fourth-order valence-electron chi connectivity index (χ4n) is 1.39. The van der Waals surface area contributed by atoms with Crippen molar-refractivity contribution in [3.05, 3.63) is 48.3 Å². The van der Waals surface area contributed by atoms with Gasteiger partial charge in [0.2, 0.25) is 0 Å². The summed E-state index contributed by atoms with van der Waals surface area (Å²) >= 11 is 0. The number of H-pyrrole nitrogens is 1. The molecule has 1 aromatic carbocycles. The Morgan fingerprint density at radius 1 is 1.19 bits per heavy atom. The van der Waals surface area contributed by atoms with Gasteiger partial charge in [0.05, 0.1) is 5.52 Å². The second-order valence-electron chi connectivity index (χ2n) is 3.44. The Balaban J connectivity index is 0.000000125. The number of nitrogens with zero attached hydrogens (tertiary/aromatic N) is 2. The summed E-state index contributed by atoms with van der Waals surface area (Å²) in [6, 6.07) is 7.74. The van der Waals surface area contributed by atoms with Gasteiger partial charge < -0.3 is 5.11 Å². The number of nitrogens with one attached hydrogen (secondary N) is 1. The number of aliphatic hydroxyl groups excluding tert-OH is 1. The van der Waals surface area contributed by atoms with Crippen molar-refractivity contribution in [1.29, 1.82) is 0 Å². The van der Waals surface area contributed by atoms with Crippen molar-refractivity contribution >= 4 is 11.0 Å². The van der Waals surface area contributed by atoms with E-state index >= 15 is 0 Å². The molecule has 2 aromatic rings. The lowest BCUT2D eigenvalue weighted by Crippen LogP contribution is -1.79. The Labute approximate surface area is 93.3 Å². The summed E-state index contributed by atoms with van der Waals surface area (Å²) in [5, 5.41) is 18.9. The molecule has 1 aromatic heterocycles. The van der Waals surface area contributed by atoms with Crippen LogP contribution in [0.4, 0.5) is 0 Å². The zero-order valence-electron chi connectivity index (χ0n) is 8.80. The van der Waals surface area contributed by atoms with Crippen LogP contribution in [0.1, 0.15) is 12.8 Å². The van der Waals surface area contributed by atoms with E-state index in [2.05, 4.69) is 15.4 Å². The zero-order chi connectivity index (χ0) is 11.2. The number of para-hydroxylation sites is 1. The first-order valence-electron chi connectivity index (χ1n) is 5.18. The number of allylic oxidation sites excluding steroid dienone is 3. The van der Waals surface area contributed by atoms with Crippen molar-refractivity contribution in [2.24, 2.45) is 0 Å². The predicted octanol–water partition coefficient (Wildman–Crippen LogP) is 2.74. The number of aromatic amines is 1. The van der Waals surface area contributed by atoms with Crippen molar-refractivity contribution in [2.75, 3.05) is 0 Å². The van der Waals surface area contributed by atoms with Gasteiger partial charge in [-0.25, -0.2) is 0 Å². The molecule has 0 amide bonds. The van der Waals surface area contributed by atoms with Crippen LogP contribution in [0.25, 0.3) is 11.0 Å². The number of aromatic nitrogens is 3. The average Bonchev–Trinajstić information content (AvgIpc) is 2.79. The first-order valence-corrected chi connectivity index (χ1v) is 5.18. The molecule has 82 valence electrons. The van der Waals surface area contributed by atoms with Crippen LogP contribution in [0.5, 0.6) is 0 Å². The molecule has 0 atom stereocenters. The van der Waals surface area contributed by atoms with Crippen molar-refractivity contribution in [3.8, 4) is 0 Å². The maximum absolute atomic E-state index is 8.68. The SMILES string of the molecule is OC1=CCCC=C1.c1ccc2[nH]nnc2c1. The van der Waals surface area contributed by atoms with Gasteiger partial charge in [0.15, 0.2) is 0 Å². The van der Waals surface area contributed by atoms with Crippen LogP contribution < -0.4 is 0 Å². The lowest BCUT2D eigenvalue weighted by molar-refractivity contribution is 0.427. The molecule has 16 heavy (non-hydrogen) atoms. The maximum atomic E-state index is 8.68. The summed E-state index contributed by atoms with van der Waals surface area (Å²) < 4.78 is 0. The van der Waals surface area contributed by atoms with Gasteiger partial charge >= 0.3 is 0 Å². The van der Waals surface area contributed by atoms with Gasteiger partial charge in [-0.05, 0) is 37.1 Å². The third-order valence-corrected chi connectivity index (χ3v) is 2.21. The Morgan fingerprint density at radius 2 is 2.06 bits per heavy atom. The van der Waals surface area contributed by atoms with E-state index in [4.69, 9.17) is 5.11 Å². The highest BCUT2D eigenvalue weighted by Crippen LogP contribution is 2.05. The van der Waals surface area contributed by atoms with E-state index in [0.29, 0.717) is 5.76 Å². The number of benzene rings is 1. The van der Waals surface area contributed by atoms with E-state index in [1.807, 2.05) is 36.4 Å². The van der Waals surface area contributed by atoms with E-state index < -0.39 is 0 Å². The van der Waals surface area contributed by atoms with Gasteiger partial charge in [-0.2, -0.15) is 0 Å². The van der Waals surface area contributed by atoms with Gasteiger partial charge in [-0.15, -0.1) is 5.10 Å². The molecule has 0 bridgehead atoms. The largest absolute Gasteiger partial charge is 0.508 e.